The van der Waals surface area contributed by atoms with Crippen molar-refractivity contribution in [2.45, 2.75) is 44.2 Å². The molecule has 0 unspecified atom stereocenters. The van der Waals surface area contributed by atoms with Gasteiger partial charge in [0.1, 0.15) is 17.4 Å². The Morgan fingerprint density at radius 2 is 2.14 bits per heavy atom. The van der Waals surface area contributed by atoms with Crippen LogP contribution in [0.5, 0.6) is 0 Å². The molecule has 0 aliphatic heterocycles. The summed E-state index contributed by atoms with van der Waals surface area (Å²) in [6.45, 7) is 1.93. The van der Waals surface area contributed by atoms with Crippen molar-refractivity contribution >= 4 is 23.4 Å². The summed E-state index contributed by atoms with van der Waals surface area (Å²) >= 11 is 0. The van der Waals surface area contributed by atoms with Crippen LogP contribution in [0.4, 0.5) is 26.2 Å². The highest BCUT2D eigenvalue weighted by Gasteiger charge is 2.49. The summed E-state index contributed by atoms with van der Waals surface area (Å²) in [5.41, 5.74) is 7.26. The Kier molecular flexibility index (Phi) is 5.97. The molecule has 0 saturated heterocycles. The molecule has 1 saturated carbocycles. The van der Waals surface area contributed by atoms with Crippen LogP contribution in [0, 0.1) is 6.92 Å². The van der Waals surface area contributed by atoms with Crippen LogP contribution >= 0.6 is 0 Å². The molecular weight excluding hydrogens is 378 g/mol. The minimum absolute atomic E-state index is 0.0872. The van der Waals surface area contributed by atoms with Crippen LogP contribution in [-0.2, 0) is 0 Å². The molecule has 9 heteroatoms. The van der Waals surface area contributed by atoms with Gasteiger partial charge in [-0.3, -0.25) is 4.79 Å². The molecule has 7 nitrogen and oxygen atoms in total. The zero-order valence-electron chi connectivity index (χ0n) is 16.7. The second-order valence-corrected chi connectivity index (χ2v) is 7.40. The third-order valence-electron chi connectivity index (χ3n) is 5.26. The maximum absolute atomic E-state index is 14.7. The number of alkyl halides is 2. The zero-order chi connectivity index (χ0) is 21.2. The first-order valence-corrected chi connectivity index (χ1v) is 9.51. The number of nitrogens with two attached hydrogens (primary N) is 1. The molecule has 1 aromatic carbocycles. The van der Waals surface area contributed by atoms with Crippen LogP contribution in [0.2, 0.25) is 0 Å². The molecule has 1 heterocycles. The molecule has 156 valence electrons. The van der Waals surface area contributed by atoms with E-state index >= 15 is 0 Å². The Balaban J connectivity index is 1.98. The second kappa shape index (κ2) is 8.28. The Bertz CT molecular complexity index is 891. The highest BCUT2D eigenvalue weighted by molar-refractivity contribution is 5.98. The number of hydrogen-bond acceptors (Lipinski definition) is 6. The van der Waals surface area contributed by atoms with Gasteiger partial charge < -0.3 is 21.3 Å². The topological polar surface area (TPSA) is 96.2 Å². The van der Waals surface area contributed by atoms with E-state index in [1.807, 2.05) is 31.2 Å². The lowest BCUT2D eigenvalue weighted by Crippen LogP contribution is -2.60. The maximum Gasteiger partial charge on any atom is 0.269 e. The molecule has 0 spiro atoms. The van der Waals surface area contributed by atoms with Crippen LogP contribution in [0.15, 0.2) is 30.5 Å². The number of nitrogens with zero attached hydrogens (tertiary/aromatic N) is 3. The molecule has 2 aromatic rings. The first-order chi connectivity index (χ1) is 13.7. The highest BCUT2D eigenvalue weighted by Crippen LogP contribution is 2.37. The summed E-state index contributed by atoms with van der Waals surface area (Å²) in [7, 11) is 3.22. The van der Waals surface area contributed by atoms with Gasteiger partial charge in [-0.1, -0.05) is 12.1 Å². The molecular formula is C20H26F2N6O. The van der Waals surface area contributed by atoms with E-state index in [9.17, 15) is 13.6 Å². The van der Waals surface area contributed by atoms with E-state index in [0.29, 0.717) is 18.5 Å². The fraction of sp³-hybridized carbons (Fsp3) is 0.450. The first-order valence-electron chi connectivity index (χ1n) is 9.51. The van der Waals surface area contributed by atoms with Crippen molar-refractivity contribution in [3.8, 4) is 0 Å². The van der Waals surface area contributed by atoms with E-state index in [-0.39, 0.29) is 23.8 Å². The third kappa shape index (κ3) is 4.45. The molecule has 3 rings (SSSR count). The normalized spacial score (nSPS) is 20.9. The van der Waals surface area contributed by atoms with Crippen molar-refractivity contribution in [1.82, 2.24) is 15.3 Å². The number of aryl methyl sites for hydroxylation is 1. The number of rotatable bonds is 6. The molecule has 1 amide bonds. The molecule has 2 atom stereocenters. The van der Waals surface area contributed by atoms with Gasteiger partial charge in [0.2, 0.25) is 5.95 Å². The van der Waals surface area contributed by atoms with Gasteiger partial charge in [0, 0.05) is 31.4 Å². The number of amides is 1. The van der Waals surface area contributed by atoms with Crippen LogP contribution in [0.1, 0.15) is 35.2 Å². The van der Waals surface area contributed by atoms with Crippen molar-refractivity contribution in [3.63, 3.8) is 0 Å². The van der Waals surface area contributed by atoms with E-state index in [4.69, 9.17) is 5.73 Å². The number of primary amides is 1. The largest absolute Gasteiger partial charge is 0.365 e. The molecule has 0 radical (unpaired) electrons. The Morgan fingerprint density at radius 1 is 1.38 bits per heavy atom. The number of halogens is 2. The Morgan fingerprint density at radius 3 is 2.79 bits per heavy atom. The molecule has 4 N–H and O–H groups in total. The van der Waals surface area contributed by atoms with E-state index in [1.165, 1.54) is 11.1 Å². The number of aromatic nitrogens is 2. The summed E-state index contributed by atoms with van der Waals surface area (Å²) in [4.78, 5) is 21.7. The molecule has 1 aliphatic rings. The van der Waals surface area contributed by atoms with Gasteiger partial charge >= 0.3 is 0 Å². The summed E-state index contributed by atoms with van der Waals surface area (Å²) in [5, 5.41) is 6.04. The third-order valence-corrected chi connectivity index (χ3v) is 5.26. The average Bonchev–Trinajstić information content (AvgIpc) is 2.66. The summed E-state index contributed by atoms with van der Waals surface area (Å²) in [5.74, 6) is -3.32. The van der Waals surface area contributed by atoms with Gasteiger partial charge in [-0.25, -0.2) is 13.8 Å². The van der Waals surface area contributed by atoms with E-state index < -0.39 is 23.9 Å². The Labute approximate surface area is 168 Å². The second-order valence-electron chi connectivity index (χ2n) is 7.40. The van der Waals surface area contributed by atoms with Gasteiger partial charge in [0.15, 0.2) is 0 Å². The average molecular weight is 404 g/mol. The fourth-order valence-electron chi connectivity index (χ4n) is 3.82. The van der Waals surface area contributed by atoms with Gasteiger partial charge in [0.25, 0.3) is 11.8 Å². The molecule has 1 fully saturated rings. The van der Waals surface area contributed by atoms with Gasteiger partial charge in [-0.15, -0.1) is 0 Å². The summed E-state index contributed by atoms with van der Waals surface area (Å²) < 4.78 is 29.4. The van der Waals surface area contributed by atoms with Gasteiger partial charge in [0.05, 0.1) is 0 Å². The van der Waals surface area contributed by atoms with Crippen molar-refractivity contribution in [3.05, 3.63) is 41.6 Å². The fourth-order valence-corrected chi connectivity index (χ4v) is 3.82. The van der Waals surface area contributed by atoms with Gasteiger partial charge in [-0.05, 0) is 44.5 Å². The maximum atomic E-state index is 14.7. The van der Waals surface area contributed by atoms with E-state index in [1.54, 1.807) is 14.1 Å². The van der Waals surface area contributed by atoms with Crippen LogP contribution < -0.4 is 21.3 Å². The number of likely N-dealkylation sites (N-methyl/N-ethyl adjacent to an activating group) is 2. The summed E-state index contributed by atoms with van der Waals surface area (Å²) in [6.07, 6.45) is 2.17. The first kappa shape index (κ1) is 20.9. The summed E-state index contributed by atoms with van der Waals surface area (Å²) in [6, 6.07) is 5.97. The monoisotopic (exact) mass is 404 g/mol. The number of carbonyl (C=O) groups excluding carboxylic acids is 1. The SMILES string of the molecule is CN[C@H]1CCCC(F)(F)[C@H]1N(C)c1ncc(C(N)=O)c(Nc2cccc(C)c2)n1. The highest BCUT2D eigenvalue weighted by atomic mass is 19.3. The standard InChI is InChI=1S/C20H26F2N6O/c1-12-6-4-7-13(10-12)26-18-14(17(23)29)11-25-19(27-18)28(3)16-15(24-2)8-5-9-20(16,21)22/h4,6-7,10-11,15-16,24H,5,8-9H2,1-3H3,(H2,23,29)(H,25,26,27)/t15-,16-/m0/s1. The minimum Gasteiger partial charge on any atom is -0.365 e. The van der Waals surface area contributed by atoms with E-state index in [2.05, 4.69) is 20.6 Å². The predicted octanol–water partition coefficient (Wildman–Crippen LogP) is 2.84. The smallest absolute Gasteiger partial charge is 0.269 e. The zero-order valence-corrected chi connectivity index (χ0v) is 16.7. The van der Waals surface area contributed by atoms with Gasteiger partial charge in [-0.2, -0.15) is 4.98 Å². The lowest BCUT2D eigenvalue weighted by atomic mass is 9.86. The molecule has 1 aliphatic carbocycles. The molecule has 29 heavy (non-hydrogen) atoms. The molecule has 1 aromatic heterocycles. The van der Waals surface area contributed by atoms with Crippen molar-refractivity contribution in [1.29, 1.82) is 0 Å². The number of carbonyl (C=O) groups is 1. The number of anilines is 3. The van der Waals surface area contributed by atoms with Crippen LogP contribution in [-0.4, -0.2) is 48.0 Å². The Hall–Kier alpha value is -2.81. The molecule has 0 bridgehead atoms. The van der Waals surface area contributed by atoms with Crippen molar-refractivity contribution in [2.24, 2.45) is 5.73 Å². The number of nitrogens with one attached hydrogen (secondary N) is 2. The van der Waals surface area contributed by atoms with Crippen LogP contribution in [0.3, 0.4) is 0 Å². The lowest BCUT2D eigenvalue weighted by molar-refractivity contribution is -0.0632. The van der Waals surface area contributed by atoms with E-state index in [0.717, 1.165) is 5.56 Å². The van der Waals surface area contributed by atoms with Crippen LogP contribution in [0.25, 0.3) is 0 Å². The quantitative estimate of drug-likeness (QED) is 0.685. The number of benzene rings is 1. The lowest BCUT2D eigenvalue weighted by Gasteiger charge is -2.42. The predicted molar refractivity (Wildman–Crippen MR) is 109 cm³/mol. The van der Waals surface area contributed by atoms with Crippen molar-refractivity contribution < 1.29 is 13.6 Å². The minimum atomic E-state index is -2.89. The van der Waals surface area contributed by atoms with Crippen molar-refractivity contribution in [2.75, 3.05) is 24.3 Å². The number of hydrogen-bond donors (Lipinski definition) is 3.